The van der Waals surface area contributed by atoms with Crippen molar-refractivity contribution in [3.05, 3.63) is 113 Å². The van der Waals surface area contributed by atoms with Crippen LogP contribution in [0, 0.1) is 13.8 Å². The predicted octanol–water partition coefficient (Wildman–Crippen LogP) is 9.66. The molecule has 1 unspecified atom stereocenters. The van der Waals surface area contributed by atoms with Crippen LogP contribution in [-0.4, -0.2) is 15.5 Å². The van der Waals surface area contributed by atoms with Crippen molar-refractivity contribution in [2.45, 2.75) is 90.9 Å². The lowest BCUT2D eigenvalue weighted by Crippen LogP contribution is -2.33. The zero-order valence-corrected chi connectivity index (χ0v) is 28.0. The first-order chi connectivity index (χ1) is 20.6. The molecular formula is C37H48N4OS. The second-order valence-electron chi connectivity index (χ2n) is 12.2. The molecule has 43 heavy (non-hydrogen) atoms. The van der Waals surface area contributed by atoms with Gasteiger partial charge < -0.3 is 14.2 Å². The summed E-state index contributed by atoms with van der Waals surface area (Å²) >= 11 is 1.78. The van der Waals surface area contributed by atoms with Crippen LogP contribution in [0.5, 0.6) is 0 Å². The van der Waals surface area contributed by atoms with E-state index in [1.54, 1.807) is 18.1 Å². The minimum absolute atomic E-state index is 0.0860. The number of hydrogen-bond acceptors (Lipinski definition) is 4. The van der Waals surface area contributed by atoms with Gasteiger partial charge in [-0.15, -0.1) is 0 Å². The summed E-state index contributed by atoms with van der Waals surface area (Å²) in [6.45, 7) is 15.5. The Morgan fingerprint density at radius 2 is 1.81 bits per heavy atom. The molecule has 0 saturated carbocycles. The fraction of sp³-hybridized carbons (Fsp3) is 0.405. The molecule has 0 saturated heterocycles. The Labute approximate surface area is 263 Å². The van der Waals surface area contributed by atoms with Gasteiger partial charge in [-0.3, -0.25) is 4.79 Å². The molecule has 6 heteroatoms. The number of benzene rings is 3. The average molecular weight is 597 g/mol. The highest BCUT2D eigenvalue weighted by Gasteiger charge is 2.34. The highest BCUT2D eigenvalue weighted by molar-refractivity contribution is 8.00. The number of hydrogen-bond donors (Lipinski definition) is 1. The number of nitrogens with one attached hydrogen (secondary N) is 1. The topological polar surface area (TPSA) is 50.2 Å². The maximum absolute atomic E-state index is 14.0. The van der Waals surface area contributed by atoms with Gasteiger partial charge in [-0.25, -0.2) is 4.98 Å². The number of aromatic nitrogens is 2. The Morgan fingerprint density at radius 3 is 2.49 bits per heavy atom. The van der Waals surface area contributed by atoms with Crippen molar-refractivity contribution in [1.29, 1.82) is 0 Å². The smallest absolute Gasteiger partial charge is 0.228 e. The van der Waals surface area contributed by atoms with Crippen LogP contribution in [0.2, 0.25) is 0 Å². The van der Waals surface area contributed by atoms with Crippen molar-refractivity contribution < 1.29 is 4.79 Å². The molecular weight excluding hydrogens is 549 g/mol. The first-order valence-corrected chi connectivity index (χ1v) is 16.4. The molecule has 1 amide bonds. The van der Waals surface area contributed by atoms with Crippen LogP contribution in [0.25, 0.3) is 0 Å². The van der Waals surface area contributed by atoms with Crippen molar-refractivity contribution in [1.82, 2.24) is 9.55 Å². The van der Waals surface area contributed by atoms with E-state index in [-0.39, 0.29) is 22.5 Å². The summed E-state index contributed by atoms with van der Waals surface area (Å²) in [6.07, 6.45) is 6.36. The van der Waals surface area contributed by atoms with Crippen molar-refractivity contribution in [3.63, 3.8) is 0 Å². The van der Waals surface area contributed by atoms with Gasteiger partial charge in [0.05, 0.1) is 6.54 Å². The number of anilines is 2. The molecule has 1 aromatic heterocycles. The number of rotatable bonds is 9. The third-order valence-corrected chi connectivity index (χ3v) is 9.57. The molecule has 5 rings (SSSR count). The molecule has 1 heterocycles. The quantitative estimate of drug-likeness (QED) is 0.195. The summed E-state index contributed by atoms with van der Waals surface area (Å²) in [4.78, 5) is 20.5. The summed E-state index contributed by atoms with van der Waals surface area (Å²) in [5.41, 5.74) is 8.48. The molecule has 4 aromatic rings. The molecule has 5 nitrogen and oxygen atoms in total. The Balaban J connectivity index is 0.00000207. The standard InChI is InChI=1S/C35H42N4OS.C2H6/c1-24-10-12-27(13-11-24)26(3)21-34(40)39(23-33-36-18-19-38(33)6)29-14-15-31-30(22-29)32(16-17-35(31,4)5)41-37-28-9-7-8-25(2)20-28;1-2/h7-15,18-20,22,26,32,37H,16-17,21,23H2,1-6H3;1-2H3/t26-,32?;/m0./s1. The van der Waals surface area contributed by atoms with E-state index in [4.69, 9.17) is 0 Å². The van der Waals surface area contributed by atoms with Crippen LogP contribution >= 0.6 is 11.9 Å². The Bertz CT molecular complexity index is 1510. The SMILES string of the molecule is CC.Cc1ccc([C@@H](C)CC(=O)N(Cc2nccn2C)c2ccc3c(c2)C(SNc2cccc(C)c2)CCC3(C)C)cc1. The van der Waals surface area contributed by atoms with Crippen LogP contribution in [-0.2, 0) is 23.8 Å². The van der Waals surface area contributed by atoms with Crippen molar-refractivity contribution in [2.24, 2.45) is 7.05 Å². The van der Waals surface area contributed by atoms with E-state index in [2.05, 4.69) is 111 Å². The molecule has 1 aliphatic carbocycles. The summed E-state index contributed by atoms with van der Waals surface area (Å²) < 4.78 is 5.61. The Morgan fingerprint density at radius 1 is 1.07 bits per heavy atom. The molecule has 1 N–H and O–H groups in total. The zero-order valence-electron chi connectivity index (χ0n) is 27.1. The summed E-state index contributed by atoms with van der Waals surface area (Å²) in [5.74, 6) is 1.09. The Kier molecular flexibility index (Phi) is 10.8. The van der Waals surface area contributed by atoms with E-state index in [0.717, 1.165) is 30.0 Å². The van der Waals surface area contributed by atoms with E-state index in [0.29, 0.717) is 13.0 Å². The number of aryl methyl sites for hydroxylation is 3. The van der Waals surface area contributed by atoms with E-state index >= 15 is 0 Å². The van der Waals surface area contributed by atoms with Crippen molar-refractivity contribution >= 4 is 29.2 Å². The molecule has 228 valence electrons. The lowest BCUT2D eigenvalue weighted by Gasteiger charge is -2.38. The Hall–Kier alpha value is -3.51. The molecule has 0 aliphatic heterocycles. The van der Waals surface area contributed by atoms with Crippen molar-refractivity contribution in [2.75, 3.05) is 9.62 Å². The van der Waals surface area contributed by atoms with E-state index < -0.39 is 0 Å². The van der Waals surface area contributed by atoms with Crippen LogP contribution in [0.3, 0.4) is 0 Å². The fourth-order valence-electron chi connectivity index (χ4n) is 5.75. The second kappa shape index (κ2) is 14.3. The largest absolute Gasteiger partial charge is 0.337 e. The van der Waals surface area contributed by atoms with E-state index in [9.17, 15) is 4.79 Å². The van der Waals surface area contributed by atoms with Crippen LogP contribution in [0.15, 0.2) is 79.1 Å². The van der Waals surface area contributed by atoms with E-state index in [1.807, 2.05) is 36.6 Å². The monoisotopic (exact) mass is 596 g/mol. The molecule has 0 fully saturated rings. The second-order valence-corrected chi connectivity index (χ2v) is 13.2. The minimum atomic E-state index is 0.0860. The highest BCUT2D eigenvalue weighted by Crippen LogP contribution is 2.48. The van der Waals surface area contributed by atoms with Crippen LogP contribution in [0.1, 0.15) is 98.7 Å². The molecule has 2 atom stereocenters. The third kappa shape index (κ3) is 7.91. The van der Waals surface area contributed by atoms with E-state index in [1.165, 1.54) is 27.8 Å². The molecule has 3 aromatic carbocycles. The van der Waals surface area contributed by atoms with Gasteiger partial charge in [0, 0.05) is 42.5 Å². The molecule has 0 spiro atoms. The number of amides is 1. The van der Waals surface area contributed by atoms with Gasteiger partial charge in [0.15, 0.2) is 0 Å². The van der Waals surface area contributed by atoms with Gasteiger partial charge in [-0.1, -0.05) is 82.6 Å². The van der Waals surface area contributed by atoms with Gasteiger partial charge in [0.1, 0.15) is 5.82 Å². The molecule has 0 bridgehead atoms. The van der Waals surface area contributed by atoms with Gasteiger partial charge in [-0.2, -0.15) is 0 Å². The summed E-state index contributed by atoms with van der Waals surface area (Å²) in [5, 5.41) is 0.287. The van der Waals surface area contributed by atoms with Crippen molar-refractivity contribution in [3.8, 4) is 0 Å². The number of carbonyl (C=O) groups is 1. The van der Waals surface area contributed by atoms with Gasteiger partial charge in [0.2, 0.25) is 5.91 Å². The first kappa shape index (κ1) is 32.4. The minimum Gasteiger partial charge on any atom is -0.337 e. The maximum atomic E-state index is 14.0. The summed E-state index contributed by atoms with van der Waals surface area (Å²) in [7, 11) is 1.99. The normalized spacial score (nSPS) is 16.0. The van der Waals surface area contributed by atoms with Gasteiger partial charge >= 0.3 is 0 Å². The molecule has 1 aliphatic rings. The number of nitrogens with zero attached hydrogens (tertiary/aromatic N) is 3. The summed E-state index contributed by atoms with van der Waals surface area (Å²) in [6, 6.07) is 23.7. The maximum Gasteiger partial charge on any atom is 0.228 e. The highest BCUT2D eigenvalue weighted by atomic mass is 32.2. The first-order valence-electron chi connectivity index (χ1n) is 15.6. The average Bonchev–Trinajstić information content (AvgIpc) is 3.40. The number of fused-ring (bicyclic) bond motifs is 1. The molecule has 0 radical (unpaired) electrons. The van der Waals surface area contributed by atoms with Crippen LogP contribution < -0.4 is 9.62 Å². The lowest BCUT2D eigenvalue weighted by molar-refractivity contribution is -0.119. The lowest BCUT2D eigenvalue weighted by atomic mass is 9.72. The van der Waals surface area contributed by atoms with Gasteiger partial charge in [-0.05, 0) is 96.5 Å². The number of imidazole rings is 1. The predicted molar refractivity (Wildman–Crippen MR) is 184 cm³/mol. The van der Waals surface area contributed by atoms with Gasteiger partial charge in [0.25, 0.3) is 0 Å². The van der Waals surface area contributed by atoms with Crippen LogP contribution in [0.4, 0.5) is 11.4 Å². The zero-order chi connectivity index (χ0) is 31.1. The fourth-order valence-corrected chi connectivity index (χ4v) is 6.71. The number of carbonyl (C=O) groups excluding carboxylic acids is 1. The third-order valence-electron chi connectivity index (χ3n) is 8.44.